The Morgan fingerprint density at radius 1 is 1.19 bits per heavy atom. The maximum Gasteiger partial charge on any atom is 0.344 e. The lowest BCUT2D eigenvalue weighted by atomic mass is 9.91. The number of amides is 4. The summed E-state index contributed by atoms with van der Waals surface area (Å²) in [4.78, 5) is 50.6. The fraction of sp³-hybridized carbons (Fsp3) is 0.227. The Morgan fingerprint density at radius 3 is 2.34 bits per heavy atom. The Hall–Kier alpha value is -4.21. The molecule has 4 amide bonds. The zero-order valence-electron chi connectivity index (χ0n) is 17.6. The summed E-state index contributed by atoms with van der Waals surface area (Å²) in [5, 5.41) is 17.1. The van der Waals surface area contributed by atoms with Gasteiger partial charge in [0.15, 0.2) is 0 Å². The minimum atomic E-state index is -1.46. The molecule has 0 spiro atoms. The third-order valence-electron chi connectivity index (χ3n) is 5.27. The lowest BCUT2D eigenvalue weighted by molar-refractivity contribution is -0.162. The van der Waals surface area contributed by atoms with Crippen LogP contribution >= 0.6 is 0 Å². The molecular weight excluding hydrogens is 414 g/mol. The number of rotatable bonds is 7. The number of urea groups is 1. The summed E-state index contributed by atoms with van der Waals surface area (Å²) in [5.74, 6) is 2.61. The standard InChI is InChI=1S/C22H23N5O5/c1-14(28)26(18(12-19(29)30)16-6-4-3-5-7-16)27-20(31)22(2,25-21(27)32)17-10-8-15(9-11-17)13-24-23/h3-11,13,18H,12,23H2,1-2H3,(H,25,32)(H,29,30)/t18-,22+/m0/s1. The van der Waals surface area contributed by atoms with Crippen LogP contribution in [-0.4, -0.2) is 45.2 Å². The molecule has 1 aliphatic heterocycles. The molecule has 166 valence electrons. The molecule has 0 aliphatic carbocycles. The average molecular weight is 437 g/mol. The number of carboxylic acids is 1. The first-order valence-electron chi connectivity index (χ1n) is 9.76. The van der Waals surface area contributed by atoms with Crippen molar-refractivity contribution in [2.45, 2.75) is 31.8 Å². The number of hydrazine groups is 1. The van der Waals surface area contributed by atoms with E-state index in [0.717, 1.165) is 5.01 Å². The van der Waals surface area contributed by atoms with Gasteiger partial charge in [0.1, 0.15) is 5.54 Å². The molecule has 0 unspecified atom stereocenters. The van der Waals surface area contributed by atoms with E-state index in [-0.39, 0.29) is 0 Å². The van der Waals surface area contributed by atoms with Gasteiger partial charge in [0, 0.05) is 6.92 Å². The average Bonchev–Trinajstić information content (AvgIpc) is 2.98. The minimum absolute atomic E-state index is 0.477. The summed E-state index contributed by atoms with van der Waals surface area (Å²) in [6.45, 7) is 2.70. The van der Waals surface area contributed by atoms with Gasteiger partial charge in [0.05, 0.1) is 18.7 Å². The molecule has 0 saturated carbocycles. The van der Waals surface area contributed by atoms with E-state index in [0.29, 0.717) is 21.7 Å². The van der Waals surface area contributed by atoms with Gasteiger partial charge in [-0.2, -0.15) is 10.1 Å². The van der Waals surface area contributed by atoms with Crippen LogP contribution in [0.25, 0.3) is 0 Å². The molecule has 0 aromatic heterocycles. The van der Waals surface area contributed by atoms with Crippen molar-refractivity contribution in [3.8, 4) is 0 Å². The monoisotopic (exact) mass is 437 g/mol. The van der Waals surface area contributed by atoms with E-state index in [2.05, 4.69) is 10.4 Å². The summed E-state index contributed by atoms with van der Waals surface area (Å²) in [5.41, 5.74) is 0.188. The largest absolute Gasteiger partial charge is 0.481 e. The number of carboxylic acid groups (broad SMARTS) is 1. The molecule has 1 fully saturated rings. The van der Waals surface area contributed by atoms with Crippen LogP contribution in [0.2, 0.25) is 0 Å². The summed E-state index contributed by atoms with van der Waals surface area (Å²) in [7, 11) is 0. The normalized spacial score (nSPS) is 19.1. The second-order valence-electron chi connectivity index (χ2n) is 7.46. The predicted molar refractivity (Wildman–Crippen MR) is 115 cm³/mol. The van der Waals surface area contributed by atoms with Crippen molar-refractivity contribution in [2.24, 2.45) is 10.9 Å². The van der Waals surface area contributed by atoms with E-state index in [1.807, 2.05) is 0 Å². The molecule has 0 radical (unpaired) electrons. The van der Waals surface area contributed by atoms with Gasteiger partial charge in [-0.15, -0.1) is 0 Å². The molecule has 10 heteroatoms. The van der Waals surface area contributed by atoms with Crippen LogP contribution in [0.1, 0.15) is 43.0 Å². The van der Waals surface area contributed by atoms with Gasteiger partial charge in [-0.05, 0) is 23.6 Å². The lowest BCUT2D eigenvalue weighted by Gasteiger charge is -2.35. The van der Waals surface area contributed by atoms with E-state index in [4.69, 9.17) is 5.84 Å². The fourth-order valence-corrected chi connectivity index (χ4v) is 3.69. The molecule has 2 aromatic rings. The van der Waals surface area contributed by atoms with E-state index in [9.17, 15) is 24.3 Å². The van der Waals surface area contributed by atoms with Crippen molar-refractivity contribution in [3.63, 3.8) is 0 Å². The maximum atomic E-state index is 13.5. The molecule has 1 aliphatic rings. The van der Waals surface area contributed by atoms with Gasteiger partial charge in [0.25, 0.3) is 5.91 Å². The van der Waals surface area contributed by atoms with Crippen molar-refractivity contribution < 1.29 is 24.3 Å². The molecule has 1 heterocycles. The fourth-order valence-electron chi connectivity index (χ4n) is 3.69. The Bertz CT molecular complexity index is 1070. The highest BCUT2D eigenvalue weighted by Crippen LogP contribution is 2.34. The molecule has 1 saturated heterocycles. The van der Waals surface area contributed by atoms with E-state index < -0.39 is 41.8 Å². The molecular formula is C22H23N5O5. The van der Waals surface area contributed by atoms with E-state index in [1.54, 1.807) is 54.6 Å². The smallest absolute Gasteiger partial charge is 0.344 e. The number of imide groups is 1. The van der Waals surface area contributed by atoms with Gasteiger partial charge >= 0.3 is 12.0 Å². The molecule has 2 aromatic carbocycles. The summed E-state index contributed by atoms with van der Waals surface area (Å²) >= 11 is 0. The molecule has 2 atom stereocenters. The van der Waals surface area contributed by atoms with Gasteiger partial charge in [-0.3, -0.25) is 14.4 Å². The summed E-state index contributed by atoms with van der Waals surface area (Å²) in [6.07, 6.45) is 0.936. The number of hydrazone groups is 1. The topological polar surface area (TPSA) is 145 Å². The predicted octanol–water partition coefficient (Wildman–Crippen LogP) is 1.73. The third-order valence-corrected chi connectivity index (χ3v) is 5.27. The SMILES string of the molecule is CC(=O)N([C@@H](CC(=O)O)c1ccccc1)N1C(=O)N[C@](C)(c2ccc(C=NN)cc2)C1=O. The van der Waals surface area contributed by atoms with E-state index in [1.165, 1.54) is 20.1 Å². The zero-order chi connectivity index (χ0) is 23.5. The Kier molecular flexibility index (Phi) is 6.24. The van der Waals surface area contributed by atoms with Crippen LogP contribution in [0, 0.1) is 0 Å². The highest BCUT2D eigenvalue weighted by Gasteiger charge is 2.53. The van der Waals surface area contributed by atoms with Crippen LogP contribution in [0.4, 0.5) is 4.79 Å². The number of nitrogens with zero attached hydrogens (tertiary/aromatic N) is 3. The van der Waals surface area contributed by atoms with Crippen LogP contribution in [-0.2, 0) is 19.9 Å². The molecule has 10 nitrogen and oxygen atoms in total. The van der Waals surface area contributed by atoms with E-state index >= 15 is 0 Å². The number of nitrogens with one attached hydrogen (secondary N) is 1. The van der Waals surface area contributed by atoms with Crippen molar-refractivity contribution >= 4 is 30.0 Å². The van der Waals surface area contributed by atoms with Gasteiger partial charge in [-0.1, -0.05) is 54.6 Å². The second-order valence-corrected chi connectivity index (χ2v) is 7.46. The first-order chi connectivity index (χ1) is 15.2. The first-order valence-corrected chi connectivity index (χ1v) is 9.76. The number of benzene rings is 2. The third kappa shape index (κ3) is 4.15. The Labute approximate surface area is 184 Å². The van der Waals surface area contributed by atoms with Crippen LogP contribution < -0.4 is 11.2 Å². The number of hydrogen-bond acceptors (Lipinski definition) is 6. The highest BCUT2D eigenvalue weighted by atomic mass is 16.4. The quantitative estimate of drug-likeness (QED) is 0.260. The molecule has 32 heavy (non-hydrogen) atoms. The van der Waals surface area contributed by atoms with Crippen molar-refractivity contribution in [2.75, 3.05) is 0 Å². The number of hydrogen-bond donors (Lipinski definition) is 3. The van der Waals surface area contributed by atoms with Gasteiger partial charge in [-0.25, -0.2) is 9.80 Å². The minimum Gasteiger partial charge on any atom is -0.481 e. The molecule has 3 rings (SSSR count). The number of aliphatic carboxylic acids is 1. The second kappa shape index (κ2) is 8.88. The maximum absolute atomic E-state index is 13.5. The van der Waals surface area contributed by atoms with Crippen LogP contribution in [0.5, 0.6) is 0 Å². The van der Waals surface area contributed by atoms with Crippen molar-refractivity contribution in [1.82, 2.24) is 15.3 Å². The van der Waals surface area contributed by atoms with Crippen LogP contribution in [0.3, 0.4) is 0 Å². The number of carbonyl (C=O) groups excluding carboxylic acids is 3. The summed E-state index contributed by atoms with van der Waals surface area (Å²) in [6, 6.07) is 13.1. The van der Waals surface area contributed by atoms with Gasteiger partial charge in [0.2, 0.25) is 5.91 Å². The first kappa shape index (κ1) is 22.5. The Balaban J connectivity index is 2.03. The summed E-state index contributed by atoms with van der Waals surface area (Å²) < 4.78 is 0. The molecule has 0 bridgehead atoms. The van der Waals surface area contributed by atoms with Crippen molar-refractivity contribution in [3.05, 3.63) is 71.3 Å². The number of nitrogens with two attached hydrogens (primary N) is 1. The number of carbonyl (C=O) groups is 4. The highest BCUT2D eigenvalue weighted by molar-refractivity contribution is 6.08. The van der Waals surface area contributed by atoms with Crippen LogP contribution in [0.15, 0.2) is 59.7 Å². The van der Waals surface area contributed by atoms with Crippen molar-refractivity contribution in [1.29, 1.82) is 0 Å². The zero-order valence-corrected chi connectivity index (χ0v) is 17.6. The lowest BCUT2D eigenvalue weighted by Crippen LogP contribution is -2.52. The van der Waals surface area contributed by atoms with Gasteiger partial charge < -0.3 is 16.3 Å². The molecule has 4 N–H and O–H groups in total. The Morgan fingerprint density at radius 2 is 1.81 bits per heavy atom.